The van der Waals surface area contributed by atoms with Gasteiger partial charge in [0.25, 0.3) is 0 Å². The smallest absolute Gasteiger partial charge is 0.0619 e. The molecule has 2 fully saturated rings. The van der Waals surface area contributed by atoms with Crippen LogP contribution in [0.2, 0.25) is 0 Å². The molecule has 2 saturated heterocycles. The van der Waals surface area contributed by atoms with Gasteiger partial charge in [0.05, 0.1) is 6.61 Å². The number of piperidine rings is 1. The van der Waals surface area contributed by atoms with Gasteiger partial charge in [-0.1, -0.05) is 0 Å². The van der Waals surface area contributed by atoms with Crippen LogP contribution in [-0.2, 0) is 4.74 Å². The van der Waals surface area contributed by atoms with Crippen LogP contribution in [0.4, 0.5) is 0 Å². The molecule has 2 rings (SSSR count). The second-order valence-electron chi connectivity index (χ2n) is 4.11. The summed E-state index contributed by atoms with van der Waals surface area (Å²) in [6.45, 7) is 4.23. The highest BCUT2D eigenvalue weighted by atomic mass is 16.5. The van der Waals surface area contributed by atoms with Gasteiger partial charge in [0.15, 0.2) is 0 Å². The van der Waals surface area contributed by atoms with Crippen LogP contribution in [0, 0.1) is 0 Å². The van der Waals surface area contributed by atoms with E-state index in [4.69, 9.17) is 4.74 Å². The Balaban J connectivity index is 1.69. The van der Waals surface area contributed by atoms with Crippen LogP contribution in [0.1, 0.15) is 25.7 Å². The van der Waals surface area contributed by atoms with Crippen molar-refractivity contribution in [2.24, 2.45) is 0 Å². The van der Waals surface area contributed by atoms with Gasteiger partial charge in [0.2, 0.25) is 0 Å². The lowest BCUT2D eigenvalue weighted by Crippen LogP contribution is -2.47. The summed E-state index contributed by atoms with van der Waals surface area (Å²) < 4.78 is 5.45. The van der Waals surface area contributed by atoms with Crippen LogP contribution >= 0.6 is 0 Å². The third-order valence-corrected chi connectivity index (χ3v) is 2.97. The third-order valence-electron chi connectivity index (χ3n) is 2.97. The fourth-order valence-corrected chi connectivity index (χ4v) is 2.19. The largest absolute Gasteiger partial charge is 0.380 e. The van der Waals surface area contributed by atoms with Crippen molar-refractivity contribution in [1.29, 1.82) is 0 Å². The number of ether oxygens (including phenoxy) is 1. The Morgan fingerprint density at radius 1 is 1.08 bits per heavy atom. The minimum atomic E-state index is 0.622. The molecule has 0 radical (unpaired) electrons. The molecule has 0 aromatic carbocycles. The number of rotatable bonds is 2. The molecule has 13 heavy (non-hydrogen) atoms. The first-order valence-electron chi connectivity index (χ1n) is 5.49. The number of hydrogen-bond donors (Lipinski definition) is 2. The highest BCUT2D eigenvalue weighted by Gasteiger charge is 2.19. The van der Waals surface area contributed by atoms with E-state index >= 15 is 0 Å². The van der Waals surface area contributed by atoms with Crippen molar-refractivity contribution >= 4 is 0 Å². The molecule has 76 valence electrons. The van der Waals surface area contributed by atoms with E-state index in [2.05, 4.69) is 10.6 Å². The molecule has 0 aliphatic carbocycles. The molecule has 3 nitrogen and oxygen atoms in total. The Kier molecular flexibility index (Phi) is 3.58. The van der Waals surface area contributed by atoms with Crippen LogP contribution in [0.25, 0.3) is 0 Å². The zero-order valence-electron chi connectivity index (χ0n) is 8.22. The van der Waals surface area contributed by atoms with Gasteiger partial charge >= 0.3 is 0 Å². The van der Waals surface area contributed by atoms with E-state index in [0.29, 0.717) is 6.04 Å². The number of nitrogens with one attached hydrogen (secondary N) is 2. The molecule has 1 atom stereocenters. The molecule has 0 aromatic rings. The zero-order chi connectivity index (χ0) is 8.93. The van der Waals surface area contributed by atoms with Gasteiger partial charge in [0, 0.05) is 18.7 Å². The Morgan fingerprint density at radius 2 is 1.92 bits per heavy atom. The van der Waals surface area contributed by atoms with Gasteiger partial charge in [0.1, 0.15) is 0 Å². The average Bonchev–Trinajstić information content (AvgIpc) is 2.21. The monoisotopic (exact) mass is 184 g/mol. The molecule has 0 amide bonds. The fraction of sp³-hybridized carbons (Fsp3) is 1.00. The molecule has 0 saturated carbocycles. The highest BCUT2D eigenvalue weighted by Crippen LogP contribution is 2.10. The standard InChI is InChI=1S/C10H20N2O/c1-2-10(8-13-7-1)12-9-3-5-11-6-4-9/h9-12H,1-8H2. The van der Waals surface area contributed by atoms with Crippen LogP contribution in [0.15, 0.2) is 0 Å². The van der Waals surface area contributed by atoms with Crippen LogP contribution < -0.4 is 10.6 Å². The molecule has 0 bridgehead atoms. The van der Waals surface area contributed by atoms with Crippen LogP contribution in [0.5, 0.6) is 0 Å². The maximum atomic E-state index is 5.45. The van der Waals surface area contributed by atoms with Gasteiger partial charge in [-0.05, 0) is 38.8 Å². The normalized spacial score (nSPS) is 31.8. The first-order chi connectivity index (χ1) is 6.45. The van der Waals surface area contributed by atoms with Crippen molar-refractivity contribution in [3.05, 3.63) is 0 Å². The van der Waals surface area contributed by atoms with Crippen molar-refractivity contribution in [1.82, 2.24) is 10.6 Å². The van der Waals surface area contributed by atoms with Crippen molar-refractivity contribution in [3.63, 3.8) is 0 Å². The molecule has 3 heteroatoms. The summed E-state index contributed by atoms with van der Waals surface area (Å²) in [6.07, 6.45) is 5.07. The molecule has 1 unspecified atom stereocenters. The van der Waals surface area contributed by atoms with E-state index in [1.54, 1.807) is 0 Å². The lowest BCUT2D eigenvalue weighted by Gasteiger charge is -2.30. The summed E-state index contributed by atoms with van der Waals surface area (Å²) in [5.41, 5.74) is 0. The zero-order valence-corrected chi connectivity index (χ0v) is 8.22. The first-order valence-corrected chi connectivity index (χ1v) is 5.49. The van der Waals surface area contributed by atoms with Crippen molar-refractivity contribution < 1.29 is 4.74 Å². The van der Waals surface area contributed by atoms with Crippen molar-refractivity contribution in [2.75, 3.05) is 26.3 Å². The summed E-state index contributed by atoms with van der Waals surface area (Å²) in [5, 5.41) is 7.07. The number of hydrogen-bond acceptors (Lipinski definition) is 3. The molecule has 0 aromatic heterocycles. The molecule has 2 aliphatic rings. The van der Waals surface area contributed by atoms with E-state index in [0.717, 1.165) is 19.3 Å². The van der Waals surface area contributed by atoms with Crippen LogP contribution in [0.3, 0.4) is 0 Å². The summed E-state index contributed by atoms with van der Waals surface area (Å²) in [7, 11) is 0. The molecule has 2 N–H and O–H groups in total. The summed E-state index contributed by atoms with van der Waals surface area (Å²) in [6, 6.07) is 1.35. The van der Waals surface area contributed by atoms with Gasteiger partial charge in [-0.15, -0.1) is 0 Å². The predicted molar refractivity (Wildman–Crippen MR) is 52.9 cm³/mol. The summed E-state index contributed by atoms with van der Waals surface area (Å²) in [5.74, 6) is 0. The molecule has 0 spiro atoms. The maximum Gasteiger partial charge on any atom is 0.0619 e. The molecular weight excluding hydrogens is 164 g/mol. The SMILES string of the molecule is C1COCC(NC2CCNCC2)C1. The second-order valence-corrected chi connectivity index (χ2v) is 4.11. The minimum Gasteiger partial charge on any atom is -0.380 e. The molecule has 2 aliphatic heterocycles. The average molecular weight is 184 g/mol. The van der Waals surface area contributed by atoms with E-state index in [9.17, 15) is 0 Å². The van der Waals surface area contributed by atoms with Crippen LogP contribution in [-0.4, -0.2) is 38.4 Å². The summed E-state index contributed by atoms with van der Waals surface area (Å²) >= 11 is 0. The summed E-state index contributed by atoms with van der Waals surface area (Å²) in [4.78, 5) is 0. The van der Waals surface area contributed by atoms with E-state index in [1.807, 2.05) is 0 Å². The molecular formula is C10H20N2O. The lowest BCUT2D eigenvalue weighted by molar-refractivity contribution is 0.0647. The van der Waals surface area contributed by atoms with E-state index in [-0.39, 0.29) is 0 Å². The Morgan fingerprint density at radius 3 is 2.62 bits per heavy atom. The van der Waals surface area contributed by atoms with Gasteiger partial charge in [-0.25, -0.2) is 0 Å². The van der Waals surface area contributed by atoms with Gasteiger partial charge in [-0.2, -0.15) is 0 Å². The minimum absolute atomic E-state index is 0.622. The second kappa shape index (κ2) is 4.94. The Hall–Kier alpha value is -0.120. The maximum absolute atomic E-state index is 5.45. The van der Waals surface area contributed by atoms with E-state index < -0.39 is 0 Å². The lowest BCUT2D eigenvalue weighted by atomic mass is 10.0. The predicted octanol–water partition coefficient (Wildman–Crippen LogP) is 0.507. The topological polar surface area (TPSA) is 33.3 Å². The van der Waals surface area contributed by atoms with Gasteiger partial charge < -0.3 is 15.4 Å². The first kappa shape index (κ1) is 9.44. The Bertz CT molecular complexity index is 124. The van der Waals surface area contributed by atoms with Crippen molar-refractivity contribution in [2.45, 2.75) is 37.8 Å². The highest BCUT2D eigenvalue weighted by molar-refractivity contribution is 4.80. The van der Waals surface area contributed by atoms with Crippen molar-refractivity contribution in [3.8, 4) is 0 Å². The fourth-order valence-electron chi connectivity index (χ4n) is 2.19. The van der Waals surface area contributed by atoms with Gasteiger partial charge in [-0.3, -0.25) is 0 Å². The third kappa shape index (κ3) is 2.93. The van der Waals surface area contributed by atoms with E-state index in [1.165, 1.54) is 38.8 Å². The quantitative estimate of drug-likeness (QED) is 0.656. The molecule has 2 heterocycles. The Labute approximate surface area is 80.2 Å².